The summed E-state index contributed by atoms with van der Waals surface area (Å²) in [7, 11) is 0. The Morgan fingerprint density at radius 1 is 1.60 bits per heavy atom. The normalized spacial score (nSPS) is 12.7. The lowest BCUT2D eigenvalue weighted by Crippen LogP contribution is -2.35. The first-order valence-electron chi connectivity index (χ1n) is 5.06. The number of thiophene rings is 1. The van der Waals surface area contributed by atoms with Crippen molar-refractivity contribution in [2.75, 3.05) is 0 Å². The van der Waals surface area contributed by atoms with E-state index in [1.54, 1.807) is 11.3 Å². The summed E-state index contributed by atoms with van der Waals surface area (Å²) in [5.74, 6) is -0.775. The van der Waals surface area contributed by atoms with Gasteiger partial charge in [0, 0.05) is 16.3 Å². The Kier molecular flexibility index (Phi) is 4.29. The Labute approximate surface area is 94.1 Å². The molecular formula is C11H17NO2S. The molecule has 1 atom stereocenters. The van der Waals surface area contributed by atoms with Crippen LogP contribution in [-0.4, -0.2) is 17.1 Å². The second-order valence-corrected chi connectivity index (χ2v) is 4.97. The third kappa shape index (κ3) is 3.32. The molecule has 0 fully saturated rings. The van der Waals surface area contributed by atoms with E-state index >= 15 is 0 Å². The number of aliphatic carboxylic acids is 1. The van der Waals surface area contributed by atoms with Gasteiger partial charge in [0.15, 0.2) is 0 Å². The molecule has 4 heteroatoms. The lowest BCUT2D eigenvalue weighted by molar-refractivity contribution is -0.139. The van der Waals surface area contributed by atoms with Crippen LogP contribution in [0, 0.1) is 13.8 Å². The van der Waals surface area contributed by atoms with Gasteiger partial charge in [0.1, 0.15) is 6.04 Å². The lowest BCUT2D eigenvalue weighted by atomic mass is 10.2. The molecule has 0 aliphatic rings. The lowest BCUT2D eigenvalue weighted by Gasteiger charge is -2.10. The first-order valence-corrected chi connectivity index (χ1v) is 5.88. The predicted molar refractivity (Wildman–Crippen MR) is 62.3 cm³/mol. The van der Waals surface area contributed by atoms with E-state index in [1.165, 1.54) is 15.3 Å². The summed E-state index contributed by atoms with van der Waals surface area (Å²) >= 11 is 1.72. The fourth-order valence-electron chi connectivity index (χ4n) is 1.37. The average molecular weight is 227 g/mol. The molecule has 1 unspecified atom stereocenters. The number of rotatable bonds is 5. The van der Waals surface area contributed by atoms with Crippen LogP contribution in [0.2, 0.25) is 0 Å². The van der Waals surface area contributed by atoms with E-state index in [2.05, 4.69) is 25.2 Å². The standard InChI is InChI=1S/C11H17NO2S/c1-4-10(11(13)14)12-6-9-5-7(2)8(3)15-9/h5,10,12H,4,6H2,1-3H3,(H,13,14). The van der Waals surface area contributed by atoms with Gasteiger partial charge in [-0.05, 0) is 31.9 Å². The average Bonchev–Trinajstić information content (AvgIpc) is 2.47. The molecule has 3 nitrogen and oxygen atoms in total. The summed E-state index contributed by atoms with van der Waals surface area (Å²) in [6.45, 7) is 6.67. The van der Waals surface area contributed by atoms with Crippen LogP contribution in [0.5, 0.6) is 0 Å². The summed E-state index contributed by atoms with van der Waals surface area (Å²) in [6.07, 6.45) is 0.610. The minimum atomic E-state index is -0.775. The number of carbonyl (C=O) groups is 1. The zero-order chi connectivity index (χ0) is 11.4. The fourth-order valence-corrected chi connectivity index (χ4v) is 2.37. The molecule has 0 radical (unpaired) electrons. The highest BCUT2D eigenvalue weighted by atomic mass is 32.1. The first-order chi connectivity index (χ1) is 7.04. The fraction of sp³-hybridized carbons (Fsp3) is 0.545. The SMILES string of the molecule is CCC(NCc1cc(C)c(C)s1)C(=O)O. The second kappa shape index (κ2) is 5.28. The highest BCUT2D eigenvalue weighted by molar-refractivity contribution is 7.12. The van der Waals surface area contributed by atoms with Crippen molar-refractivity contribution in [1.29, 1.82) is 0 Å². The number of nitrogens with one attached hydrogen (secondary N) is 1. The molecular weight excluding hydrogens is 210 g/mol. The molecule has 1 aromatic heterocycles. The van der Waals surface area contributed by atoms with E-state index in [0.29, 0.717) is 13.0 Å². The van der Waals surface area contributed by atoms with E-state index in [0.717, 1.165) is 0 Å². The van der Waals surface area contributed by atoms with E-state index in [1.807, 2.05) is 6.92 Å². The Balaban J connectivity index is 2.52. The molecule has 1 rings (SSSR count). The topological polar surface area (TPSA) is 49.3 Å². The van der Waals surface area contributed by atoms with Crippen LogP contribution >= 0.6 is 11.3 Å². The minimum absolute atomic E-state index is 0.437. The Hall–Kier alpha value is -0.870. The highest BCUT2D eigenvalue weighted by Gasteiger charge is 2.14. The molecule has 0 spiro atoms. The molecule has 15 heavy (non-hydrogen) atoms. The van der Waals surface area contributed by atoms with Gasteiger partial charge < -0.3 is 5.11 Å². The van der Waals surface area contributed by atoms with Gasteiger partial charge in [0.05, 0.1) is 0 Å². The zero-order valence-corrected chi connectivity index (χ0v) is 10.1. The van der Waals surface area contributed by atoms with Crippen molar-refractivity contribution in [2.45, 2.75) is 39.8 Å². The van der Waals surface area contributed by atoms with Crippen molar-refractivity contribution in [1.82, 2.24) is 5.32 Å². The maximum atomic E-state index is 10.8. The number of hydrogen-bond donors (Lipinski definition) is 2. The molecule has 0 saturated carbocycles. The minimum Gasteiger partial charge on any atom is -0.480 e. The third-order valence-electron chi connectivity index (χ3n) is 2.45. The van der Waals surface area contributed by atoms with Crippen LogP contribution in [0.15, 0.2) is 6.07 Å². The number of hydrogen-bond acceptors (Lipinski definition) is 3. The van der Waals surface area contributed by atoms with Crippen LogP contribution in [-0.2, 0) is 11.3 Å². The molecule has 0 amide bonds. The van der Waals surface area contributed by atoms with Crippen LogP contribution in [0.4, 0.5) is 0 Å². The number of aryl methyl sites for hydroxylation is 2. The molecule has 2 N–H and O–H groups in total. The molecule has 0 bridgehead atoms. The summed E-state index contributed by atoms with van der Waals surface area (Å²) in [5.41, 5.74) is 1.28. The second-order valence-electron chi connectivity index (χ2n) is 3.63. The molecule has 0 saturated heterocycles. The molecule has 1 heterocycles. The maximum Gasteiger partial charge on any atom is 0.320 e. The molecule has 1 aromatic rings. The van der Waals surface area contributed by atoms with Crippen molar-refractivity contribution in [3.63, 3.8) is 0 Å². The monoisotopic (exact) mass is 227 g/mol. The molecule has 0 aromatic carbocycles. The van der Waals surface area contributed by atoms with Gasteiger partial charge >= 0.3 is 5.97 Å². The van der Waals surface area contributed by atoms with Crippen molar-refractivity contribution < 1.29 is 9.90 Å². The Bertz CT molecular complexity index is 327. The van der Waals surface area contributed by atoms with E-state index in [9.17, 15) is 4.79 Å². The Morgan fingerprint density at radius 2 is 2.27 bits per heavy atom. The predicted octanol–water partition coefficient (Wildman–Crippen LogP) is 2.32. The van der Waals surface area contributed by atoms with Gasteiger partial charge in [0.2, 0.25) is 0 Å². The van der Waals surface area contributed by atoms with Gasteiger partial charge in [0.25, 0.3) is 0 Å². The summed E-state index contributed by atoms with van der Waals surface area (Å²) in [6, 6.07) is 1.68. The van der Waals surface area contributed by atoms with Gasteiger partial charge in [-0.15, -0.1) is 11.3 Å². The number of carboxylic acid groups (broad SMARTS) is 1. The van der Waals surface area contributed by atoms with E-state index in [-0.39, 0.29) is 0 Å². The molecule has 0 aliphatic carbocycles. The van der Waals surface area contributed by atoms with Gasteiger partial charge in [-0.3, -0.25) is 10.1 Å². The van der Waals surface area contributed by atoms with Crippen molar-refractivity contribution in [3.8, 4) is 0 Å². The summed E-state index contributed by atoms with van der Waals surface area (Å²) in [4.78, 5) is 13.3. The van der Waals surface area contributed by atoms with Gasteiger partial charge in [-0.1, -0.05) is 6.92 Å². The zero-order valence-electron chi connectivity index (χ0n) is 9.33. The van der Waals surface area contributed by atoms with Crippen LogP contribution in [0.3, 0.4) is 0 Å². The van der Waals surface area contributed by atoms with Gasteiger partial charge in [-0.2, -0.15) is 0 Å². The highest BCUT2D eigenvalue weighted by Crippen LogP contribution is 2.20. The Morgan fingerprint density at radius 3 is 2.67 bits per heavy atom. The van der Waals surface area contributed by atoms with Crippen LogP contribution < -0.4 is 5.32 Å². The molecule has 0 aliphatic heterocycles. The first kappa shape index (κ1) is 12.2. The van der Waals surface area contributed by atoms with E-state index in [4.69, 9.17) is 5.11 Å². The summed E-state index contributed by atoms with van der Waals surface area (Å²) in [5, 5.41) is 11.9. The maximum absolute atomic E-state index is 10.8. The van der Waals surface area contributed by atoms with Gasteiger partial charge in [-0.25, -0.2) is 0 Å². The summed E-state index contributed by atoms with van der Waals surface area (Å²) < 4.78 is 0. The van der Waals surface area contributed by atoms with Crippen molar-refractivity contribution in [2.24, 2.45) is 0 Å². The van der Waals surface area contributed by atoms with E-state index < -0.39 is 12.0 Å². The quantitative estimate of drug-likeness (QED) is 0.811. The van der Waals surface area contributed by atoms with Crippen molar-refractivity contribution >= 4 is 17.3 Å². The van der Waals surface area contributed by atoms with Crippen LogP contribution in [0.25, 0.3) is 0 Å². The number of carboxylic acids is 1. The smallest absolute Gasteiger partial charge is 0.320 e. The van der Waals surface area contributed by atoms with Crippen LogP contribution in [0.1, 0.15) is 28.7 Å². The van der Waals surface area contributed by atoms with Crippen molar-refractivity contribution in [3.05, 3.63) is 21.4 Å². The third-order valence-corrected chi connectivity index (χ3v) is 3.60. The largest absolute Gasteiger partial charge is 0.480 e. The molecule has 84 valence electrons.